The number of hydrogen-bond donors (Lipinski definition) is 4. The fraction of sp³-hybridized carbons (Fsp3) is 0.318. The maximum Gasteiger partial charge on any atom is 0.416 e. The molecule has 2 aromatic carbocycles. The van der Waals surface area contributed by atoms with Crippen molar-refractivity contribution in [3.63, 3.8) is 0 Å². The van der Waals surface area contributed by atoms with Gasteiger partial charge >= 0.3 is 12.3 Å². The van der Waals surface area contributed by atoms with Gasteiger partial charge in [0, 0.05) is 6.42 Å². The van der Waals surface area contributed by atoms with E-state index in [1.807, 2.05) is 0 Å². The molecule has 2 aromatic rings. The predicted molar refractivity (Wildman–Crippen MR) is 112 cm³/mol. The molecule has 178 valence electrons. The maximum atomic E-state index is 12.7. The number of alkyl carbamates (subject to hydrolysis) is 1. The summed E-state index contributed by atoms with van der Waals surface area (Å²) < 4.78 is 43.1. The van der Waals surface area contributed by atoms with Crippen molar-refractivity contribution in [3.05, 3.63) is 71.3 Å². The number of aliphatic hydroxyl groups is 1. The molecule has 3 atom stereocenters. The van der Waals surface area contributed by atoms with Crippen LogP contribution in [0.1, 0.15) is 23.6 Å². The second kappa shape index (κ2) is 11.3. The van der Waals surface area contributed by atoms with Gasteiger partial charge in [0.25, 0.3) is 0 Å². The number of rotatable bonds is 9. The van der Waals surface area contributed by atoms with Gasteiger partial charge in [-0.2, -0.15) is 13.2 Å². The van der Waals surface area contributed by atoms with Crippen molar-refractivity contribution in [2.24, 2.45) is 5.73 Å². The van der Waals surface area contributed by atoms with Crippen LogP contribution in [-0.2, 0) is 33.5 Å². The topological polar surface area (TPSA) is 131 Å². The zero-order chi connectivity index (χ0) is 24.6. The molecule has 3 amide bonds. The molecule has 0 spiro atoms. The van der Waals surface area contributed by atoms with Crippen molar-refractivity contribution in [1.82, 2.24) is 10.6 Å². The lowest BCUT2D eigenvalue weighted by atomic mass is 10.0. The Kier molecular flexibility index (Phi) is 8.80. The van der Waals surface area contributed by atoms with Crippen LogP contribution in [0.25, 0.3) is 0 Å². The Bertz CT molecular complexity index is 950. The Balaban J connectivity index is 2.00. The highest BCUT2D eigenvalue weighted by molar-refractivity contribution is 5.91. The zero-order valence-electron chi connectivity index (χ0n) is 17.6. The largest absolute Gasteiger partial charge is 0.445 e. The molecule has 0 saturated heterocycles. The van der Waals surface area contributed by atoms with Crippen LogP contribution in [-0.4, -0.2) is 41.2 Å². The summed E-state index contributed by atoms with van der Waals surface area (Å²) >= 11 is 0. The Hall–Kier alpha value is -3.60. The molecule has 0 aliphatic heterocycles. The molecule has 33 heavy (non-hydrogen) atoms. The lowest BCUT2D eigenvalue weighted by molar-refractivity contribution is -0.137. The highest BCUT2D eigenvalue weighted by Gasteiger charge is 2.31. The van der Waals surface area contributed by atoms with E-state index in [9.17, 15) is 32.7 Å². The van der Waals surface area contributed by atoms with E-state index in [1.165, 1.54) is 6.92 Å². The molecule has 5 N–H and O–H groups in total. The number of aliphatic hydroxyl groups excluding tert-OH is 1. The number of halogens is 3. The molecule has 0 aliphatic carbocycles. The van der Waals surface area contributed by atoms with Crippen LogP contribution < -0.4 is 16.4 Å². The summed E-state index contributed by atoms with van der Waals surface area (Å²) in [6, 6.07) is 10.0. The van der Waals surface area contributed by atoms with Gasteiger partial charge in [-0.05, 0) is 30.2 Å². The lowest BCUT2D eigenvalue weighted by Gasteiger charge is -2.23. The van der Waals surface area contributed by atoms with Crippen molar-refractivity contribution in [1.29, 1.82) is 0 Å². The quantitative estimate of drug-likeness (QED) is 0.448. The van der Waals surface area contributed by atoms with Gasteiger partial charge in [0.1, 0.15) is 18.7 Å². The van der Waals surface area contributed by atoms with Crippen molar-refractivity contribution >= 4 is 17.9 Å². The van der Waals surface area contributed by atoms with Gasteiger partial charge in [0.05, 0.1) is 11.7 Å². The van der Waals surface area contributed by atoms with Crippen LogP contribution in [0.4, 0.5) is 18.0 Å². The molecule has 0 fully saturated rings. The summed E-state index contributed by atoms with van der Waals surface area (Å²) in [5, 5.41) is 14.4. The molecule has 0 saturated carbocycles. The van der Waals surface area contributed by atoms with Crippen LogP contribution in [0.15, 0.2) is 54.6 Å². The van der Waals surface area contributed by atoms with Crippen molar-refractivity contribution in [3.8, 4) is 0 Å². The van der Waals surface area contributed by atoms with Gasteiger partial charge in [-0.15, -0.1) is 0 Å². The van der Waals surface area contributed by atoms with E-state index in [1.54, 1.807) is 30.3 Å². The second-order valence-corrected chi connectivity index (χ2v) is 7.29. The minimum absolute atomic E-state index is 0.0708. The number of primary amides is 1. The van der Waals surface area contributed by atoms with Gasteiger partial charge in [-0.3, -0.25) is 9.59 Å². The SMILES string of the molecule is C[C@@H](O)[C@H](NC(=O)OCc1ccccc1)C(=O)N[C@H](Cc1ccc(C(F)(F)F)cc1)C(N)=O. The first kappa shape index (κ1) is 25.7. The first-order valence-electron chi connectivity index (χ1n) is 9.88. The molecule has 0 aromatic heterocycles. The normalized spacial score (nSPS) is 14.0. The van der Waals surface area contributed by atoms with E-state index in [2.05, 4.69) is 10.6 Å². The van der Waals surface area contributed by atoms with E-state index in [0.29, 0.717) is 11.1 Å². The van der Waals surface area contributed by atoms with Gasteiger partial charge in [-0.25, -0.2) is 4.79 Å². The van der Waals surface area contributed by atoms with E-state index in [-0.39, 0.29) is 13.0 Å². The summed E-state index contributed by atoms with van der Waals surface area (Å²) in [5.74, 6) is -1.86. The molecule has 2 rings (SSSR count). The second-order valence-electron chi connectivity index (χ2n) is 7.29. The third-order valence-electron chi connectivity index (χ3n) is 4.63. The molecule has 0 aliphatic rings. The highest BCUT2D eigenvalue weighted by Crippen LogP contribution is 2.29. The minimum Gasteiger partial charge on any atom is -0.445 e. The number of ether oxygens (including phenoxy) is 1. The average molecular weight is 467 g/mol. The van der Waals surface area contributed by atoms with Gasteiger partial charge in [0.2, 0.25) is 11.8 Å². The molecule has 0 radical (unpaired) electrons. The number of alkyl halides is 3. The number of carbonyl (C=O) groups excluding carboxylic acids is 3. The van der Waals surface area contributed by atoms with Gasteiger partial charge in [-0.1, -0.05) is 42.5 Å². The number of nitrogens with two attached hydrogens (primary N) is 1. The Morgan fingerprint density at radius 3 is 2.12 bits per heavy atom. The van der Waals surface area contributed by atoms with Crippen LogP contribution in [0.2, 0.25) is 0 Å². The van der Waals surface area contributed by atoms with Crippen LogP contribution in [0.5, 0.6) is 0 Å². The summed E-state index contributed by atoms with van der Waals surface area (Å²) in [5.41, 5.74) is 5.47. The summed E-state index contributed by atoms with van der Waals surface area (Å²) in [7, 11) is 0. The van der Waals surface area contributed by atoms with E-state index >= 15 is 0 Å². The first-order chi connectivity index (χ1) is 15.5. The average Bonchev–Trinajstić information content (AvgIpc) is 2.75. The smallest absolute Gasteiger partial charge is 0.416 e. The molecule has 8 nitrogen and oxygen atoms in total. The molecule has 0 unspecified atom stereocenters. The van der Waals surface area contributed by atoms with Crippen LogP contribution in [0.3, 0.4) is 0 Å². The van der Waals surface area contributed by atoms with Crippen molar-refractivity contribution < 1.29 is 37.4 Å². The number of amides is 3. The lowest BCUT2D eigenvalue weighted by Crippen LogP contribution is -2.57. The minimum atomic E-state index is -4.51. The maximum absolute atomic E-state index is 12.7. The van der Waals surface area contributed by atoms with E-state index in [4.69, 9.17) is 10.5 Å². The number of nitrogens with one attached hydrogen (secondary N) is 2. The molecular formula is C22H24F3N3O5. The first-order valence-corrected chi connectivity index (χ1v) is 9.88. The fourth-order valence-electron chi connectivity index (χ4n) is 2.85. The van der Waals surface area contributed by atoms with E-state index < -0.39 is 47.8 Å². The molecule has 0 heterocycles. The fourth-order valence-corrected chi connectivity index (χ4v) is 2.85. The third-order valence-corrected chi connectivity index (χ3v) is 4.63. The van der Waals surface area contributed by atoms with Crippen molar-refractivity contribution in [2.75, 3.05) is 0 Å². The summed E-state index contributed by atoms with van der Waals surface area (Å²) in [6.07, 6.45) is -7.03. The number of benzene rings is 2. The Morgan fingerprint density at radius 2 is 1.61 bits per heavy atom. The van der Waals surface area contributed by atoms with Crippen LogP contribution in [0, 0.1) is 0 Å². The molecule has 0 bridgehead atoms. The Labute approximate surface area is 187 Å². The number of hydrogen-bond acceptors (Lipinski definition) is 5. The standard InChI is InChI=1S/C22H24F3N3O5/c1-13(29)18(28-21(32)33-12-15-5-3-2-4-6-15)20(31)27-17(19(26)30)11-14-7-9-16(10-8-14)22(23,24)25/h2-10,13,17-18,29H,11-12H2,1H3,(H2,26,30)(H,27,31)(H,28,32)/t13-,17-,18+/m1/s1. The summed E-state index contributed by atoms with van der Waals surface area (Å²) in [4.78, 5) is 36.4. The third kappa shape index (κ3) is 8.11. The van der Waals surface area contributed by atoms with Gasteiger partial charge < -0.3 is 26.2 Å². The molecule has 11 heteroatoms. The number of carbonyl (C=O) groups is 3. The van der Waals surface area contributed by atoms with Crippen molar-refractivity contribution in [2.45, 2.75) is 44.3 Å². The zero-order valence-corrected chi connectivity index (χ0v) is 17.6. The summed E-state index contributed by atoms with van der Waals surface area (Å²) in [6.45, 7) is 1.18. The Morgan fingerprint density at radius 1 is 1.00 bits per heavy atom. The van der Waals surface area contributed by atoms with Gasteiger partial charge in [0.15, 0.2) is 0 Å². The van der Waals surface area contributed by atoms with Crippen LogP contribution >= 0.6 is 0 Å². The monoisotopic (exact) mass is 467 g/mol. The molecular weight excluding hydrogens is 443 g/mol. The van der Waals surface area contributed by atoms with E-state index in [0.717, 1.165) is 24.3 Å². The predicted octanol–water partition coefficient (Wildman–Crippen LogP) is 1.89. The highest BCUT2D eigenvalue weighted by atomic mass is 19.4.